The lowest BCUT2D eigenvalue weighted by Crippen LogP contribution is -2.32. The maximum absolute atomic E-state index is 11.3. The van der Waals surface area contributed by atoms with Crippen LogP contribution in [-0.2, 0) is 4.79 Å². The van der Waals surface area contributed by atoms with Crippen LogP contribution in [0.2, 0.25) is 0 Å². The number of unbranched alkanes of at least 4 members (excludes halogenated alkanes) is 2. The van der Waals surface area contributed by atoms with Crippen molar-refractivity contribution in [3.05, 3.63) is 0 Å². The molecule has 0 saturated heterocycles. The highest BCUT2D eigenvalue weighted by atomic mass is 16.3. The first kappa shape index (κ1) is 13.4. The van der Waals surface area contributed by atoms with Crippen LogP contribution in [-0.4, -0.2) is 30.2 Å². The number of amides is 1. The Morgan fingerprint density at radius 1 is 1.43 bits per heavy atom. The Morgan fingerprint density at radius 2 is 2.14 bits per heavy atom. The van der Waals surface area contributed by atoms with E-state index < -0.39 is 0 Å². The van der Waals surface area contributed by atoms with E-state index in [9.17, 15) is 4.79 Å². The molecule has 1 atom stereocenters. The summed E-state index contributed by atoms with van der Waals surface area (Å²) < 4.78 is 0. The van der Waals surface area contributed by atoms with Crippen molar-refractivity contribution in [1.29, 1.82) is 0 Å². The fraction of sp³-hybridized carbons (Fsp3) is 0.900. The van der Waals surface area contributed by atoms with Crippen molar-refractivity contribution < 1.29 is 9.90 Å². The molecule has 84 valence electrons. The average molecular weight is 202 g/mol. The Morgan fingerprint density at radius 3 is 2.71 bits per heavy atom. The molecule has 14 heavy (non-hydrogen) atoms. The second-order valence-corrected chi connectivity index (χ2v) is 3.58. The van der Waals surface area contributed by atoms with Crippen LogP contribution in [0, 0.1) is 0 Å². The topological polar surface area (TPSA) is 75.3 Å². The molecule has 4 heteroatoms. The number of nitrogens with two attached hydrogens (primary N) is 1. The van der Waals surface area contributed by atoms with Crippen molar-refractivity contribution >= 4 is 5.91 Å². The van der Waals surface area contributed by atoms with Gasteiger partial charge in [-0.2, -0.15) is 0 Å². The smallest absolute Gasteiger partial charge is 0.220 e. The molecule has 0 rings (SSSR count). The average Bonchev–Trinajstić information content (AvgIpc) is 2.13. The summed E-state index contributed by atoms with van der Waals surface area (Å²) in [5.41, 5.74) is 5.34. The minimum absolute atomic E-state index is 0.0713. The molecule has 0 radical (unpaired) electrons. The van der Waals surface area contributed by atoms with Gasteiger partial charge < -0.3 is 16.2 Å². The maximum Gasteiger partial charge on any atom is 0.220 e. The zero-order chi connectivity index (χ0) is 10.8. The summed E-state index contributed by atoms with van der Waals surface area (Å²) >= 11 is 0. The van der Waals surface area contributed by atoms with Gasteiger partial charge in [0.25, 0.3) is 0 Å². The normalized spacial score (nSPS) is 12.5. The third kappa shape index (κ3) is 8.01. The van der Waals surface area contributed by atoms with E-state index in [1.54, 1.807) is 0 Å². The summed E-state index contributed by atoms with van der Waals surface area (Å²) in [5, 5.41) is 11.5. The molecular weight excluding hydrogens is 180 g/mol. The molecule has 0 fully saturated rings. The number of aliphatic hydroxyl groups is 1. The highest BCUT2D eigenvalue weighted by Gasteiger charge is 2.05. The van der Waals surface area contributed by atoms with Crippen LogP contribution in [0.3, 0.4) is 0 Å². The van der Waals surface area contributed by atoms with Gasteiger partial charge in [0.1, 0.15) is 0 Å². The standard InChI is InChI=1S/C10H22N2O2/c1-9(6-8-13)12-10(14)5-3-2-4-7-11/h9,13H,2-8,11H2,1H3,(H,12,14). The minimum atomic E-state index is 0.0713. The van der Waals surface area contributed by atoms with Gasteiger partial charge in [-0.25, -0.2) is 0 Å². The summed E-state index contributed by atoms with van der Waals surface area (Å²) in [4.78, 5) is 11.3. The fourth-order valence-electron chi connectivity index (χ4n) is 1.22. The van der Waals surface area contributed by atoms with Gasteiger partial charge in [0.15, 0.2) is 0 Å². The van der Waals surface area contributed by atoms with E-state index >= 15 is 0 Å². The maximum atomic E-state index is 11.3. The van der Waals surface area contributed by atoms with E-state index in [0.29, 0.717) is 19.4 Å². The Kier molecular flexibility index (Phi) is 8.57. The summed E-state index contributed by atoms with van der Waals surface area (Å²) in [6.07, 6.45) is 4.08. The SMILES string of the molecule is CC(CCO)NC(=O)CCCCCN. The zero-order valence-electron chi connectivity index (χ0n) is 8.96. The van der Waals surface area contributed by atoms with Crippen molar-refractivity contribution in [3.63, 3.8) is 0 Å². The van der Waals surface area contributed by atoms with E-state index in [-0.39, 0.29) is 18.6 Å². The second-order valence-electron chi connectivity index (χ2n) is 3.58. The Labute approximate surface area is 85.9 Å². The molecule has 0 bridgehead atoms. The molecular formula is C10H22N2O2. The minimum Gasteiger partial charge on any atom is -0.396 e. The third-order valence-electron chi connectivity index (χ3n) is 2.08. The first-order valence-corrected chi connectivity index (χ1v) is 5.31. The molecule has 0 aliphatic heterocycles. The van der Waals surface area contributed by atoms with Crippen molar-refractivity contribution in [3.8, 4) is 0 Å². The van der Waals surface area contributed by atoms with Gasteiger partial charge in [0.05, 0.1) is 0 Å². The van der Waals surface area contributed by atoms with Gasteiger partial charge >= 0.3 is 0 Å². The largest absolute Gasteiger partial charge is 0.396 e. The molecule has 0 spiro atoms. The van der Waals surface area contributed by atoms with E-state index in [0.717, 1.165) is 19.3 Å². The first-order valence-electron chi connectivity index (χ1n) is 5.31. The molecule has 0 aliphatic carbocycles. The third-order valence-corrected chi connectivity index (χ3v) is 2.08. The molecule has 0 heterocycles. The van der Waals surface area contributed by atoms with Crippen LogP contribution in [0.5, 0.6) is 0 Å². The van der Waals surface area contributed by atoms with Crippen LogP contribution >= 0.6 is 0 Å². The van der Waals surface area contributed by atoms with Crippen molar-refractivity contribution in [2.24, 2.45) is 5.73 Å². The van der Waals surface area contributed by atoms with E-state index in [2.05, 4.69) is 5.32 Å². The number of hydrogen-bond acceptors (Lipinski definition) is 3. The lowest BCUT2D eigenvalue weighted by molar-refractivity contribution is -0.121. The van der Waals surface area contributed by atoms with Crippen LogP contribution in [0.1, 0.15) is 39.0 Å². The highest BCUT2D eigenvalue weighted by Crippen LogP contribution is 1.99. The molecule has 0 aromatic carbocycles. The Bertz CT molecular complexity index is 151. The summed E-state index contributed by atoms with van der Waals surface area (Å²) in [6, 6.07) is 0.0713. The number of carbonyl (C=O) groups is 1. The quantitative estimate of drug-likeness (QED) is 0.498. The predicted molar refractivity (Wildman–Crippen MR) is 56.8 cm³/mol. The van der Waals surface area contributed by atoms with Crippen molar-refractivity contribution in [1.82, 2.24) is 5.32 Å². The monoisotopic (exact) mass is 202 g/mol. The molecule has 1 unspecified atom stereocenters. The number of rotatable bonds is 8. The predicted octanol–water partition coefficient (Wildman–Crippen LogP) is 0.393. The van der Waals surface area contributed by atoms with E-state index in [1.807, 2.05) is 6.92 Å². The highest BCUT2D eigenvalue weighted by molar-refractivity contribution is 5.76. The molecule has 0 aliphatic rings. The lowest BCUT2D eigenvalue weighted by atomic mass is 10.1. The number of aliphatic hydroxyl groups excluding tert-OH is 1. The van der Waals surface area contributed by atoms with Gasteiger partial charge in [-0.05, 0) is 32.7 Å². The van der Waals surface area contributed by atoms with Crippen LogP contribution < -0.4 is 11.1 Å². The molecule has 1 amide bonds. The second kappa shape index (κ2) is 8.97. The van der Waals surface area contributed by atoms with Crippen molar-refractivity contribution in [2.75, 3.05) is 13.2 Å². The molecule has 0 saturated carbocycles. The number of nitrogens with one attached hydrogen (secondary N) is 1. The first-order chi connectivity index (χ1) is 6.70. The van der Waals surface area contributed by atoms with Crippen LogP contribution in [0.15, 0.2) is 0 Å². The van der Waals surface area contributed by atoms with Gasteiger partial charge in [-0.3, -0.25) is 4.79 Å². The summed E-state index contributed by atoms with van der Waals surface area (Å²) in [5.74, 6) is 0.0722. The van der Waals surface area contributed by atoms with Crippen LogP contribution in [0.25, 0.3) is 0 Å². The van der Waals surface area contributed by atoms with E-state index in [4.69, 9.17) is 10.8 Å². The Hall–Kier alpha value is -0.610. The van der Waals surface area contributed by atoms with Crippen molar-refractivity contribution in [2.45, 2.75) is 45.1 Å². The van der Waals surface area contributed by atoms with Gasteiger partial charge in [0, 0.05) is 19.1 Å². The fourth-order valence-corrected chi connectivity index (χ4v) is 1.22. The number of hydrogen-bond donors (Lipinski definition) is 3. The molecule has 4 nitrogen and oxygen atoms in total. The Balaban J connectivity index is 3.35. The molecule has 0 aromatic rings. The molecule has 4 N–H and O–H groups in total. The lowest BCUT2D eigenvalue weighted by Gasteiger charge is -2.11. The van der Waals surface area contributed by atoms with Gasteiger partial charge in [0.2, 0.25) is 5.91 Å². The number of carbonyl (C=O) groups excluding carboxylic acids is 1. The summed E-state index contributed by atoms with van der Waals surface area (Å²) in [6.45, 7) is 2.71. The van der Waals surface area contributed by atoms with Crippen LogP contribution in [0.4, 0.5) is 0 Å². The molecule has 0 aromatic heterocycles. The van der Waals surface area contributed by atoms with E-state index in [1.165, 1.54) is 0 Å². The zero-order valence-corrected chi connectivity index (χ0v) is 8.96. The van der Waals surface area contributed by atoms with Gasteiger partial charge in [-0.1, -0.05) is 6.42 Å². The summed E-state index contributed by atoms with van der Waals surface area (Å²) in [7, 11) is 0. The van der Waals surface area contributed by atoms with Gasteiger partial charge in [-0.15, -0.1) is 0 Å².